The van der Waals surface area contributed by atoms with Crippen LogP contribution in [0, 0.1) is 11.3 Å². The molecule has 0 atom stereocenters. The van der Waals surface area contributed by atoms with Crippen LogP contribution in [0.4, 0.5) is 0 Å². The fourth-order valence-corrected chi connectivity index (χ4v) is 2.25. The number of hydrogen-bond donors (Lipinski definition) is 0. The molecule has 0 aliphatic heterocycles. The van der Waals surface area contributed by atoms with E-state index in [1.54, 1.807) is 38.1 Å². The molecule has 6 heteroatoms. The first kappa shape index (κ1) is 18.5. The van der Waals surface area contributed by atoms with Crippen molar-refractivity contribution in [3.05, 3.63) is 29.8 Å². The predicted molar refractivity (Wildman–Crippen MR) is 82.8 cm³/mol. The van der Waals surface area contributed by atoms with Gasteiger partial charge in [0.1, 0.15) is 11.2 Å². The Hall–Kier alpha value is -2.55. The molecule has 0 heterocycles. The van der Waals surface area contributed by atoms with Crippen molar-refractivity contribution in [2.75, 3.05) is 20.3 Å². The maximum atomic E-state index is 11.9. The lowest BCUT2D eigenvalue weighted by Crippen LogP contribution is -2.32. The van der Waals surface area contributed by atoms with Crippen LogP contribution in [0.1, 0.15) is 32.3 Å². The molecule has 6 nitrogen and oxygen atoms in total. The predicted octanol–water partition coefficient (Wildman–Crippen LogP) is 2.36. The number of benzene rings is 1. The first-order valence-electron chi connectivity index (χ1n) is 7.38. The molecule has 0 aliphatic rings. The first-order chi connectivity index (χ1) is 11.0. The summed E-state index contributed by atoms with van der Waals surface area (Å²) in [5.74, 6) is -0.544. The Kier molecular flexibility index (Phi) is 7.07. The van der Waals surface area contributed by atoms with Gasteiger partial charge in [-0.15, -0.1) is 0 Å². The lowest BCUT2D eigenvalue weighted by molar-refractivity contribution is -0.146. The smallest absolute Gasteiger partial charge is 0.307 e. The molecule has 0 bridgehead atoms. The lowest BCUT2D eigenvalue weighted by Gasteiger charge is -2.25. The van der Waals surface area contributed by atoms with Gasteiger partial charge in [-0.2, -0.15) is 5.26 Å². The van der Waals surface area contributed by atoms with Crippen molar-refractivity contribution in [2.45, 2.75) is 32.1 Å². The number of ether oxygens (including phenoxy) is 3. The van der Waals surface area contributed by atoms with E-state index in [4.69, 9.17) is 14.2 Å². The van der Waals surface area contributed by atoms with Crippen LogP contribution in [0.15, 0.2) is 24.3 Å². The van der Waals surface area contributed by atoms with E-state index in [0.29, 0.717) is 11.3 Å². The summed E-state index contributed by atoms with van der Waals surface area (Å²) in [5.41, 5.74) is -0.840. The number of nitriles is 1. The minimum absolute atomic E-state index is 0.206. The third-order valence-electron chi connectivity index (χ3n) is 3.34. The van der Waals surface area contributed by atoms with E-state index in [1.165, 1.54) is 7.11 Å². The highest BCUT2D eigenvalue weighted by atomic mass is 16.5. The van der Waals surface area contributed by atoms with Crippen molar-refractivity contribution in [3.63, 3.8) is 0 Å². The fourth-order valence-electron chi connectivity index (χ4n) is 2.25. The van der Waals surface area contributed by atoms with Gasteiger partial charge < -0.3 is 14.2 Å². The SMILES string of the molecule is CCOC(=O)CC(C#N)(CC(=O)OCC)c1cccc(OC)c1. The molecule has 0 amide bonds. The summed E-state index contributed by atoms with van der Waals surface area (Å²) in [6, 6.07) is 8.86. The topological polar surface area (TPSA) is 85.6 Å². The highest BCUT2D eigenvalue weighted by Gasteiger charge is 2.39. The molecule has 0 aliphatic carbocycles. The van der Waals surface area contributed by atoms with E-state index < -0.39 is 17.4 Å². The third kappa shape index (κ3) is 4.99. The summed E-state index contributed by atoms with van der Waals surface area (Å²) in [6.07, 6.45) is -0.466. The highest BCUT2D eigenvalue weighted by molar-refractivity contribution is 5.77. The molecule has 0 saturated carbocycles. The zero-order valence-corrected chi connectivity index (χ0v) is 13.6. The maximum Gasteiger partial charge on any atom is 0.307 e. The first-order valence-corrected chi connectivity index (χ1v) is 7.38. The van der Waals surface area contributed by atoms with E-state index in [-0.39, 0.29) is 26.1 Å². The van der Waals surface area contributed by atoms with Crippen LogP contribution in [0.5, 0.6) is 5.75 Å². The second-order valence-corrected chi connectivity index (χ2v) is 4.89. The van der Waals surface area contributed by atoms with E-state index in [0.717, 1.165) is 0 Å². The van der Waals surface area contributed by atoms with Gasteiger partial charge in [0.15, 0.2) is 0 Å². The monoisotopic (exact) mass is 319 g/mol. The highest BCUT2D eigenvalue weighted by Crippen LogP contribution is 2.34. The Morgan fingerprint density at radius 3 is 2.13 bits per heavy atom. The molecule has 1 aromatic rings. The standard InChI is InChI=1S/C17H21NO5/c1-4-22-15(19)10-17(12-18,11-16(20)23-5-2)13-7-6-8-14(9-13)21-3/h6-9H,4-5,10-11H2,1-3H3. The zero-order valence-electron chi connectivity index (χ0n) is 13.6. The van der Waals surface area contributed by atoms with Crippen LogP contribution < -0.4 is 4.74 Å². The van der Waals surface area contributed by atoms with E-state index in [9.17, 15) is 14.9 Å². The van der Waals surface area contributed by atoms with Crippen LogP contribution in [0.2, 0.25) is 0 Å². The number of methoxy groups -OCH3 is 1. The Labute approximate surface area is 136 Å². The van der Waals surface area contributed by atoms with Gasteiger partial charge in [0.05, 0.1) is 39.2 Å². The fraction of sp³-hybridized carbons (Fsp3) is 0.471. The number of carbonyl (C=O) groups excluding carboxylic acids is 2. The second-order valence-electron chi connectivity index (χ2n) is 4.89. The maximum absolute atomic E-state index is 11.9. The molecule has 0 spiro atoms. The summed E-state index contributed by atoms with van der Waals surface area (Å²) in [6.45, 7) is 3.78. The third-order valence-corrected chi connectivity index (χ3v) is 3.34. The van der Waals surface area contributed by atoms with Crippen molar-refractivity contribution < 1.29 is 23.8 Å². The van der Waals surface area contributed by atoms with Crippen LogP contribution >= 0.6 is 0 Å². The summed E-state index contributed by atoms with van der Waals surface area (Å²) in [7, 11) is 1.50. The quantitative estimate of drug-likeness (QED) is 0.684. The molecule has 0 aromatic heterocycles. The van der Waals surface area contributed by atoms with Crippen LogP contribution in [0.3, 0.4) is 0 Å². The van der Waals surface area contributed by atoms with Crippen molar-refractivity contribution in [1.29, 1.82) is 5.26 Å². The molecule has 0 saturated heterocycles. The van der Waals surface area contributed by atoms with Crippen molar-refractivity contribution >= 4 is 11.9 Å². The Morgan fingerprint density at radius 2 is 1.70 bits per heavy atom. The van der Waals surface area contributed by atoms with E-state index in [1.807, 2.05) is 0 Å². The second kappa shape index (κ2) is 8.79. The Morgan fingerprint density at radius 1 is 1.13 bits per heavy atom. The zero-order chi connectivity index (χ0) is 17.3. The van der Waals surface area contributed by atoms with Crippen molar-refractivity contribution in [3.8, 4) is 11.8 Å². The van der Waals surface area contributed by atoms with Gasteiger partial charge in [-0.1, -0.05) is 12.1 Å². The van der Waals surface area contributed by atoms with Crippen LogP contribution in [-0.2, 0) is 24.5 Å². The van der Waals surface area contributed by atoms with Crippen molar-refractivity contribution in [1.82, 2.24) is 0 Å². The average Bonchev–Trinajstić information content (AvgIpc) is 2.54. The summed E-state index contributed by atoms with van der Waals surface area (Å²) in [4.78, 5) is 23.9. The molecule has 0 N–H and O–H groups in total. The molecule has 0 radical (unpaired) electrons. The van der Waals surface area contributed by atoms with Gasteiger partial charge in [0.25, 0.3) is 0 Å². The van der Waals surface area contributed by atoms with Crippen LogP contribution in [0.25, 0.3) is 0 Å². The molecule has 1 rings (SSSR count). The number of carbonyl (C=O) groups is 2. The van der Waals surface area contributed by atoms with Gasteiger partial charge in [0, 0.05) is 0 Å². The molecule has 1 aromatic carbocycles. The molecular formula is C17H21NO5. The normalized spacial score (nSPS) is 10.5. The average molecular weight is 319 g/mol. The minimum atomic E-state index is -1.35. The van der Waals surface area contributed by atoms with Gasteiger partial charge >= 0.3 is 11.9 Å². The van der Waals surface area contributed by atoms with Gasteiger partial charge in [-0.25, -0.2) is 0 Å². The minimum Gasteiger partial charge on any atom is -0.497 e. The largest absolute Gasteiger partial charge is 0.497 e. The molecule has 23 heavy (non-hydrogen) atoms. The number of rotatable bonds is 8. The lowest BCUT2D eigenvalue weighted by atomic mass is 9.76. The molecule has 0 unspecified atom stereocenters. The molecule has 124 valence electrons. The van der Waals surface area contributed by atoms with Gasteiger partial charge in [0.2, 0.25) is 0 Å². The van der Waals surface area contributed by atoms with Crippen molar-refractivity contribution in [2.24, 2.45) is 0 Å². The van der Waals surface area contributed by atoms with Gasteiger partial charge in [-0.3, -0.25) is 9.59 Å². The summed E-state index contributed by atoms with van der Waals surface area (Å²) >= 11 is 0. The molecule has 0 fully saturated rings. The molecular weight excluding hydrogens is 298 g/mol. The number of esters is 2. The summed E-state index contributed by atoms with van der Waals surface area (Å²) < 4.78 is 15.0. The number of nitrogens with zero attached hydrogens (tertiary/aromatic N) is 1. The van der Waals surface area contributed by atoms with Gasteiger partial charge in [-0.05, 0) is 31.5 Å². The number of hydrogen-bond acceptors (Lipinski definition) is 6. The van der Waals surface area contributed by atoms with E-state index in [2.05, 4.69) is 6.07 Å². The Bertz CT molecular complexity index is 571. The van der Waals surface area contributed by atoms with E-state index >= 15 is 0 Å². The summed E-state index contributed by atoms with van der Waals surface area (Å²) in [5, 5.41) is 9.72. The Balaban J connectivity index is 3.23. The van der Waals surface area contributed by atoms with Crippen LogP contribution in [-0.4, -0.2) is 32.3 Å².